The second-order valence-corrected chi connectivity index (χ2v) is 4.92. The molecule has 0 fully saturated rings. The highest BCUT2D eigenvalue weighted by molar-refractivity contribution is 6.30. The van der Waals surface area contributed by atoms with Gasteiger partial charge in [-0.2, -0.15) is 0 Å². The monoisotopic (exact) mass is 337 g/mol. The van der Waals surface area contributed by atoms with Gasteiger partial charge in [-0.1, -0.05) is 17.7 Å². The summed E-state index contributed by atoms with van der Waals surface area (Å²) >= 11 is 5.63. The van der Waals surface area contributed by atoms with Crippen LogP contribution in [0.1, 0.15) is 10.4 Å². The Morgan fingerprint density at radius 3 is 2.70 bits per heavy atom. The predicted molar refractivity (Wildman–Crippen MR) is 83.3 cm³/mol. The molecule has 0 spiro atoms. The molecule has 2 aromatic rings. The summed E-state index contributed by atoms with van der Waals surface area (Å²) in [6.45, 7) is -0.341. The molecule has 0 bridgehead atoms. The van der Waals surface area contributed by atoms with Gasteiger partial charge in [0.25, 0.3) is 5.91 Å². The van der Waals surface area contributed by atoms with Gasteiger partial charge in [0.2, 0.25) is 0 Å². The topological polar surface area (TPSA) is 64.6 Å². The molecule has 0 aliphatic rings. The van der Waals surface area contributed by atoms with Crippen LogP contribution in [-0.2, 0) is 9.53 Å². The van der Waals surface area contributed by atoms with E-state index in [1.165, 1.54) is 25.3 Å². The van der Waals surface area contributed by atoms with E-state index in [2.05, 4.69) is 10.1 Å². The van der Waals surface area contributed by atoms with Gasteiger partial charge < -0.3 is 14.8 Å². The molecule has 1 N–H and O–H groups in total. The van der Waals surface area contributed by atoms with E-state index >= 15 is 0 Å². The number of carbonyl (C=O) groups excluding carboxylic acids is 2. The number of amides is 1. The molecule has 2 aromatic carbocycles. The molecule has 5 nitrogen and oxygen atoms in total. The van der Waals surface area contributed by atoms with Crippen molar-refractivity contribution in [3.05, 3.63) is 58.9 Å². The average molecular weight is 338 g/mol. The van der Waals surface area contributed by atoms with Gasteiger partial charge >= 0.3 is 5.97 Å². The van der Waals surface area contributed by atoms with E-state index in [1.54, 1.807) is 18.2 Å². The van der Waals surface area contributed by atoms with Crippen LogP contribution in [0.15, 0.2) is 42.5 Å². The number of nitrogens with one attached hydrogen (secondary N) is 1. The van der Waals surface area contributed by atoms with Crippen molar-refractivity contribution in [3.8, 4) is 5.75 Å². The molecule has 7 heteroatoms. The third kappa shape index (κ3) is 4.69. The van der Waals surface area contributed by atoms with Crippen molar-refractivity contribution in [2.75, 3.05) is 19.0 Å². The smallest absolute Gasteiger partial charge is 0.337 e. The van der Waals surface area contributed by atoms with Gasteiger partial charge in [0.15, 0.2) is 6.61 Å². The van der Waals surface area contributed by atoms with Crippen LogP contribution in [0, 0.1) is 5.82 Å². The lowest BCUT2D eigenvalue weighted by Crippen LogP contribution is -2.20. The number of ether oxygens (including phenoxy) is 2. The lowest BCUT2D eigenvalue weighted by molar-refractivity contribution is -0.118. The normalized spacial score (nSPS) is 10.0. The first-order valence-corrected chi connectivity index (χ1v) is 6.93. The highest BCUT2D eigenvalue weighted by Crippen LogP contribution is 2.19. The predicted octanol–water partition coefficient (Wildman–Crippen LogP) is 3.28. The van der Waals surface area contributed by atoms with Gasteiger partial charge in [0.1, 0.15) is 11.6 Å². The van der Waals surface area contributed by atoms with Crippen molar-refractivity contribution < 1.29 is 23.5 Å². The minimum atomic E-state index is -0.640. The van der Waals surface area contributed by atoms with Gasteiger partial charge in [-0.25, -0.2) is 9.18 Å². The SMILES string of the molecule is COC(=O)c1cccc(OCC(=O)Nc2ccc(Cl)cc2F)c1. The van der Waals surface area contributed by atoms with E-state index in [9.17, 15) is 14.0 Å². The summed E-state index contributed by atoms with van der Waals surface area (Å²) in [7, 11) is 1.27. The zero-order valence-corrected chi connectivity index (χ0v) is 12.9. The summed E-state index contributed by atoms with van der Waals surface area (Å²) in [5, 5.41) is 2.60. The Morgan fingerprint density at radius 2 is 2.00 bits per heavy atom. The van der Waals surface area contributed by atoms with E-state index < -0.39 is 17.7 Å². The van der Waals surface area contributed by atoms with Crippen LogP contribution >= 0.6 is 11.6 Å². The summed E-state index contributed by atoms with van der Waals surface area (Å²) in [5.74, 6) is -1.38. The molecular weight excluding hydrogens is 325 g/mol. The van der Waals surface area contributed by atoms with Gasteiger partial charge in [0.05, 0.1) is 18.4 Å². The Hall–Kier alpha value is -2.60. The molecule has 1 amide bonds. The highest BCUT2D eigenvalue weighted by atomic mass is 35.5. The minimum absolute atomic E-state index is 0.00584. The molecule has 0 aliphatic heterocycles. The third-order valence-corrected chi connectivity index (χ3v) is 3.07. The van der Waals surface area contributed by atoms with Crippen LogP contribution in [0.5, 0.6) is 5.75 Å². The molecule has 0 aliphatic carbocycles. The second kappa shape index (κ2) is 7.60. The summed E-state index contributed by atoms with van der Waals surface area (Å²) < 4.78 is 23.4. The second-order valence-electron chi connectivity index (χ2n) is 4.48. The number of methoxy groups -OCH3 is 1. The zero-order chi connectivity index (χ0) is 16.8. The molecule has 0 saturated carbocycles. The molecule has 0 heterocycles. The number of esters is 1. The van der Waals surface area contributed by atoms with E-state index in [1.807, 2.05) is 0 Å². The largest absolute Gasteiger partial charge is 0.484 e. The number of hydrogen-bond acceptors (Lipinski definition) is 4. The fourth-order valence-corrected chi connectivity index (χ4v) is 1.92. The first-order chi connectivity index (χ1) is 11.0. The molecule has 0 saturated heterocycles. The Morgan fingerprint density at radius 1 is 1.22 bits per heavy atom. The first-order valence-electron chi connectivity index (χ1n) is 6.55. The zero-order valence-electron chi connectivity index (χ0n) is 12.1. The van der Waals surface area contributed by atoms with E-state index in [4.69, 9.17) is 16.3 Å². The Kier molecular flexibility index (Phi) is 5.54. The quantitative estimate of drug-likeness (QED) is 0.850. The number of benzene rings is 2. The number of rotatable bonds is 5. The van der Waals surface area contributed by atoms with E-state index in [0.717, 1.165) is 6.07 Å². The van der Waals surface area contributed by atoms with Crippen LogP contribution in [0.2, 0.25) is 5.02 Å². The Balaban J connectivity index is 1.95. The van der Waals surface area contributed by atoms with Gasteiger partial charge in [-0.15, -0.1) is 0 Å². The van der Waals surface area contributed by atoms with Crippen molar-refractivity contribution in [1.82, 2.24) is 0 Å². The van der Waals surface area contributed by atoms with Crippen LogP contribution in [-0.4, -0.2) is 25.6 Å². The maximum atomic E-state index is 13.6. The molecule has 0 aromatic heterocycles. The molecule has 0 radical (unpaired) electrons. The van der Waals surface area contributed by atoms with Crippen molar-refractivity contribution in [2.45, 2.75) is 0 Å². The summed E-state index contributed by atoms with van der Waals surface area (Å²) in [5.41, 5.74) is 0.306. The van der Waals surface area contributed by atoms with Gasteiger partial charge in [0, 0.05) is 5.02 Å². The first kappa shape index (κ1) is 16.8. The van der Waals surface area contributed by atoms with Gasteiger partial charge in [-0.3, -0.25) is 4.79 Å². The van der Waals surface area contributed by atoms with Crippen molar-refractivity contribution >= 4 is 29.2 Å². The fourth-order valence-electron chi connectivity index (χ4n) is 1.76. The van der Waals surface area contributed by atoms with E-state index in [-0.39, 0.29) is 17.3 Å². The highest BCUT2D eigenvalue weighted by Gasteiger charge is 2.10. The van der Waals surface area contributed by atoms with Gasteiger partial charge in [-0.05, 0) is 36.4 Å². The maximum Gasteiger partial charge on any atom is 0.337 e. The number of hydrogen-bond donors (Lipinski definition) is 1. The van der Waals surface area contributed by atoms with Crippen LogP contribution in [0.4, 0.5) is 10.1 Å². The number of anilines is 1. The standard InChI is InChI=1S/C16H13ClFNO4/c1-22-16(21)10-3-2-4-12(7-10)23-9-15(20)19-14-6-5-11(17)8-13(14)18/h2-8H,9H2,1H3,(H,19,20). The molecule has 120 valence electrons. The number of halogens is 2. The van der Waals surface area contributed by atoms with Crippen LogP contribution < -0.4 is 10.1 Å². The third-order valence-electron chi connectivity index (χ3n) is 2.83. The minimum Gasteiger partial charge on any atom is -0.484 e. The summed E-state index contributed by atoms with van der Waals surface area (Å²) in [6, 6.07) is 10.1. The Labute approximate surface area is 137 Å². The lowest BCUT2D eigenvalue weighted by atomic mass is 10.2. The molecule has 2 rings (SSSR count). The lowest BCUT2D eigenvalue weighted by Gasteiger charge is -2.09. The molecule has 23 heavy (non-hydrogen) atoms. The summed E-state index contributed by atoms with van der Waals surface area (Å²) in [4.78, 5) is 23.2. The van der Waals surface area contributed by atoms with Crippen LogP contribution in [0.3, 0.4) is 0 Å². The summed E-state index contributed by atoms with van der Waals surface area (Å²) in [6.07, 6.45) is 0. The maximum absolute atomic E-state index is 13.6. The van der Waals surface area contributed by atoms with Crippen molar-refractivity contribution in [2.24, 2.45) is 0 Å². The molecular formula is C16H13ClFNO4. The van der Waals surface area contributed by atoms with Crippen molar-refractivity contribution in [1.29, 1.82) is 0 Å². The molecule has 0 atom stereocenters. The van der Waals surface area contributed by atoms with Crippen molar-refractivity contribution in [3.63, 3.8) is 0 Å². The van der Waals surface area contributed by atoms with E-state index in [0.29, 0.717) is 11.3 Å². The number of carbonyl (C=O) groups is 2. The fraction of sp³-hybridized carbons (Fsp3) is 0.125. The molecule has 0 unspecified atom stereocenters. The van der Waals surface area contributed by atoms with Crippen LogP contribution in [0.25, 0.3) is 0 Å². The Bertz CT molecular complexity index is 736. The average Bonchev–Trinajstić information content (AvgIpc) is 2.55.